The van der Waals surface area contributed by atoms with Gasteiger partial charge in [-0.15, -0.1) is 0 Å². The molecule has 0 saturated carbocycles. The van der Waals surface area contributed by atoms with Crippen molar-refractivity contribution in [2.24, 2.45) is 7.05 Å². The highest BCUT2D eigenvalue weighted by Crippen LogP contribution is 2.20. The van der Waals surface area contributed by atoms with E-state index in [1.165, 1.54) is 0 Å². The summed E-state index contributed by atoms with van der Waals surface area (Å²) in [7, 11) is 1.86. The van der Waals surface area contributed by atoms with Gasteiger partial charge in [0, 0.05) is 23.3 Å². The van der Waals surface area contributed by atoms with E-state index in [1.54, 1.807) is 4.68 Å². The molecule has 1 atom stereocenters. The van der Waals surface area contributed by atoms with Gasteiger partial charge in [0.15, 0.2) is 5.69 Å². The Labute approximate surface area is 127 Å². The fourth-order valence-electron chi connectivity index (χ4n) is 2.25. The molecule has 0 radical (unpaired) electrons. The first-order valence-corrected chi connectivity index (χ1v) is 7.93. The average molecular weight is 338 g/mol. The summed E-state index contributed by atoms with van der Waals surface area (Å²) in [5, 5.41) is 9.24. The lowest BCUT2D eigenvalue weighted by Crippen LogP contribution is -2.46. The summed E-state index contributed by atoms with van der Waals surface area (Å²) in [6.07, 6.45) is 1.77. The van der Waals surface area contributed by atoms with Crippen LogP contribution in [0.15, 0.2) is 24.3 Å². The molecule has 1 aromatic carbocycles. The van der Waals surface area contributed by atoms with Gasteiger partial charge in [-0.1, -0.05) is 41.1 Å². The van der Waals surface area contributed by atoms with E-state index >= 15 is 0 Å². The molecule has 0 bridgehead atoms. The Morgan fingerprint density at radius 2 is 2.15 bits per heavy atom. The molecule has 1 unspecified atom stereocenters. The number of rotatable bonds is 5. The summed E-state index contributed by atoms with van der Waals surface area (Å²) in [6.45, 7) is 4.15. The maximum Gasteiger partial charge on any atom is 0.272 e. The van der Waals surface area contributed by atoms with Crippen molar-refractivity contribution in [2.45, 2.75) is 32.2 Å². The highest BCUT2D eigenvalue weighted by atomic mass is 79.9. The minimum atomic E-state index is -0.209. The average Bonchev–Trinajstić information content (AvgIpc) is 2.77. The molecular weight excluding hydrogens is 318 g/mol. The van der Waals surface area contributed by atoms with Crippen LogP contribution in [0.4, 0.5) is 0 Å². The summed E-state index contributed by atoms with van der Waals surface area (Å²) in [6, 6.07) is 7.78. The van der Waals surface area contributed by atoms with E-state index in [-0.39, 0.29) is 11.4 Å². The van der Waals surface area contributed by atoms with Gasteiger partial charge >= 0.3 is 0 Å². The maximum absolute atomic E-state index is 12.5. The second kappa shape index (κ2) is 5.95. The van der Waals surface area contributed by atoms with Crippen molar-refractivity contribution >= 4 is 32.7 Å². The first kappa shape index (κ1) is 15.0. The first-order chi connectivity index (χ1) is 9.50. The quantitative estimate of drug-likeness (QED) is 0.851. The number of alkyl halides is 1. The topological polar surface area (TPSA) is 46.9 Å². The maximum atomic E-state index is 12.5. The molecule has 20 heavy (non-hydrogen) atoms. The standard InChI is InChI=1S/C15H20BrN3O/c1-4-15(2,9-10-16)17-14(20)13-11-7-5-6-8-12(11)19(3)18-13/h5-8H,4,9-10H2,1-3H3,(H,17,20). The molecular formula is C15H20BrN3O. The Hall–Kier alpha value is -1.36. The number of aryl methyl sites for hydroxylation is 1. The molecule has 0 fully saturated rings. The molecule has 5 heteroatoms. The fourth-order valence-corrected chi connectivity index (χ4v) is 3.13. The van der Waals surface area contributed by atoms with Crippen LogP contribution in [0.25, 0.3) is 10.9 Å². The van der Waals surface area contributed by atoms with Crippen molar-refractivity contribution in [1.29, 1.82) is 0 Å². The van der Waals surface area contributed by atoms with Crippen LogP contribution in [0.3, 0.4) is 0 Å². The zero-order valence-electron chi connectivity index (χ0n) is 12.1. The van der Waals surface area contributed by atoms with Gasteiger partial charge < -0.3 is 5.32 Å². The normalized spacial score (nSPS) is 14.2. The molecule has 0 aliphatic carbocycles. The number of benzene rings is 1. The molecule has 0 aliphatic heterocycles. The molecule has 0 spiro atoms. The molecule has 0 saturated heterocycles. The third-order valence-electron chi connectivity index (χ3n) is 3.81. The van der Waals surface area contributed by atoms with Gasteiger partial charge in [-0.05, 0) is 25.8 Å². The van der Waals surface area contributed by atoms with Crippen molar-refractivity contribution < 1.29 is 4.79 Å². The molecule has 0 aliphatic rings. The first-order valence-electron chi connectivity index (χ1n) is 6.81. The van der Waals surface area contributed by atoms with Crippen LogP contribution in [0.1, 0.15) is 37.2 Å². The SMILES string of the molecule is CCC(C)(CCBr)NC(=O)c1nn(C)c2ccccc12. The van der Waals surface area contributed by atoms with E-state index in [4.69, 9.17) is 0 Å². The van der Waals surface area contributed by atoms with E-state index in [0.29, 0.717) is 5.69 Å². The number of para-hydroxylation sites is 1. The Bertz CT molecular complexity index is 623. The van der Waals surface area contributed by atoms with Crippen LogP contribution in [-0.4, -0.2) is 26.6 Å². The van der Waals surface area contributed by atoms with Crippen LogP contribution in [-0.2, 0) is 7.05 Å². The number of nitrogens with zero attached hydrogens (tertiary/aromatic N) is 2. The summed E-state index contributed by atoms with van der Waals surface area (Å²) < 4.78 is 1.75. The molecule has 2 aromatic rings. The van der Waals surface area contributed by atoms with Gasteiger partial charge in [-0.2, -0.15) is 5.10 Å². The minimum absolute atomic E-state index is 0.105. The van der Waals surface area contributed by atoms with Crippen LogP contribution < -0.4 is 5.32 Å². The van der Waals surface area contributed by atoms with E-state index in [9.17, 15) is 4.79 Å². The van der Waals surface area contributed by atoms with Crippen molar-refractivity contribution in [3.8, 4) is 0 Å². The molecule has 1 N–H and O–H groups in total. The van der Waals surface area contributed by atoms with E-state index in [2.05, 4.69) is 40.2 Å². The van der Waals surface area contributed by atoms with Gasteiger partial charge in [-0.25, -0.2) is 0 Å². The number of aromatic nitrogens is 2. The Morgan fingerprint density at radius 3 is 2.80 bits per heavy atom. The van der Waals surface area contributed by atoms with Gasteiger partial charge in [0.25, 0.3) is 5.91 Å². The minimum Gasteiger partial charge on any atom is -0.345 e. The summed E-state index contributed by atoms with van der Waals surface area (Å²) in [5.74, 6) is -0.105. The molecule has 2 rings (SSSR count). The van der Waals surface area contributed by atoms with Gasteiger partial charge in [0.05, 0.1) is 5.52 Å². The van der Waals surface area contributed by atoms with Crippen LogP contribution in [0.2, 0.25) is 0 Å². The van der Waals surface area contributed by atoms with Crippen molar-refractivity contribution in [3.05, 3.63) is 30.0 Å². The van der Waals surface area contributed by atoms with E-state index in [1.807, 2.05) is 31.3 Å². The van der Waals surface area contributed by atoms with Gasteiger partial charge in [-0.3, -0.25) is 9.48 Å². The lowest BCUT2D eigenvalue weighted by atomic mass is 9.95. The summed E-state index contributed by atoms with van der Waals surface area (Å²) in [4.78, 5) is 12.5. The predicted molar refractivity (Wildman–Crippen MR) is 85.3 cm³/mol. The fraction of sp³-hybridized carbons (Fsp3) is 0.467. The van der Waals surface area contributed by atoms with Crippen molar-refractivity contribution in [2.75, 3.05) is 5.33 Å². The van der Waals surface area contributed by atoms with Crippen molar-refractivity contribution in [3.63, 3.8) is 0 Å². The van der Waals surface area contributed by atoms with Crippen LogP contribution in [0.5, 0.6) is 0 Å². The third-order valence-corrected chi connectivity index (χ3v) is 4.21. The molecule has 1 amide bonds. The van der Waals surface area contributed by atoms with Crippen LogP contribution in [0, 0.1) is 0 Å². The monoisotopic (exact) mass is 337 g/mol. The number of fused-ring (bicyclic) bond motifs is 1. The van der Waals surface area contributed by atoms with Gasteiger partial charge in [0.2, 0.25) is 0 Å². The Balaban J connectivity index is 2.32. The number of carbonyl (C=O) groups is 1. The summed E-state index contributed by atoms with van der Waals surface area (Å²) >= 11 is 3.45. The Morgan fingerprint density at radius 1 is 1.45 bits per heavy atom. The largest absolute Gasteiger partial charge is 0.345 e. The zero-order chi connectivity index (χ0) is 14.8. The Kier molecular flexibility index (Phi) is 4.48. The second-order valence-corrected chi connectivity index (χ2v) is 6.09. The molecule has 4 nitrogen and oxygen atoms in total. The number of nitrogens with one attached hydrogen (secondary N) is 1. The number of carbonyl (C=O) groups excluding carboxylic acids is 1. The molecule has 108 valence electrons. The van der Waals surface area contributed by atoms with E-state index < -0.39 is 0 Å². The lowest BCUT2D eigenvalue weighted by Gasteiger charge is -2.28. The lowest BCUT2D eigenvalue weighted by molar-refractivity contribution is 0.0897. The van der Waals surface area contributed by atoms with Crippen molar-refractivity contribution in [1.82, 2.24) is 15.1 Å². The molecule has 1 heterocycles. The van der Waals surface area contributed by atoms with Gasteiger partial charge in [0.1, 0.15) is 0 Å². The highest BCUT2D eigenvalue weighted by molar-refractivity contribution is 9.09. The predicted octanol–water partition coefficient (Wildman–Crippen LogP) is 3.26. The second-order valence-electron chi connectivity index (χ2n) is 5.30. The number of amides is 1. The number of hydrogen-bond donors (Lipinski definition) is 1. The summed E-state index contributed by atoms with van der Waals surface area (Å²) in [5.41, 5.74) is 1.26. The molecule has 1 aromatic heterocycles. The third kappa shape index (κ3) is 2.87. The number of halogens is 1. The number of hydrogen-bond acceptors (Lipinski definition) is 2. The highest BCUT2D eigenvalue weighted by Gasteiger charge is 2.26. The zero-order valence-corrected chi connectivity index (χ0v) is 13.7. The van der Waals surface area contributed by atoms with Crippen LogP contribution >= 0.6 is 15.9 Å². The van der Waals surface area contributed by atoms with E-state index in [0.717, 1.165) is 29.1 Å². The smallest absolute Gasteiger partial charge is 0.272 e.